The summed E-state index contributed by atoms with van der Waals surface area (Å²) in [6, 6.07) is 30.7. The van der Waals surface area contributed by atoms with Crippen molar-refractivity contribution in [2.75, 3.05) is 23.5 Å². The van der Waals surface area contributed by atoms with E-state index in [1.165, 1.54) is 32.2 Å². The molecule has 0 amide bonds. The first-order chi connectivity index (χ1) is 18.5. The Kier molecular flexibility index (Phi) is 5.09. The molecule has 0 N–H and O–H groups in total. The first-order valence-corrected chi connectivity index (χ1v) is 15.9. The standard InChI is InChI=1S/C31H28N6Si/c1-35-21-36(31-30(35)33-17-18-34-31)22-9-8-10-23(19-22)38(2,3)24-14-15-26-25-11-4-5-12-27(25)37(28(26)20-24)29-13-6-7-16-32-29/h4-20H,21H2,1-3H3. The number of hydrogen-bond donors (Lipinski definition) is 0. The molecule has 3 aromatic carbocycles. The van der Waals surface area contributed by atoms with E-state index in [9.17, 15) is 0 Å². The monoisotopic (exact) mass is 512 g/mol. The van der Waals surface area contributed by atoms with Crippen molar-refractivity contribution in [2.45, 2.75) is 13.1 Å². The Bertz CT molecular complexity index is 1810. The lowest BCUT2D eigenvalue weighted by Crippen LogP contribution is -2.53. The SMILES string of the molecule is CN1CN(c2cccc([Si](C)(C)c3ccc4c5ccccc5n(-c5ccccn5)c4c3)c2)c2nccnc21. The molecule has 0 spiro atoms. The highest BCUT2D eigenvalue weighted by Gasteiger charge is 2.31. The third-order valence-electron chi connectivity index (χ3n) is 7.78. The van der Waals surface area contributed by atoms with E-state index in [0.717, 1.165) is 29.8 Å². The predicted octanol–water partition coefficient (Wildman–Crippen LogP) is 5.34. The van der Waals surface area contributed by atoms with Crippen LogP contribution in [0.2, 0.25) is 13.1 Å². The molecule has 3 aromatic heterocycles. The maximum Gasteiger partial charge on any atom is 0.178 e. The molecule has 4 heterocycles. The normalized spacial score (nSPS) is 13.4. The molecule has 0 bridgehead atoms. The number of benzene rings is 3. The van der Waals surface area contributed by atoms with E-state index < -0.39 is 8.07 Å². The predicted molar refractivity (Wildman–Crippen MR) is 159 cm³/mol. The Hall–Kier alpha value is -4.49. The maximum atomic E-state index is 4.71. The molecule has 0 aliphatic carbocycles. The molecular formula is C31H28N6Si. The Labute approximate surface area is 222 Å². The lowest BCUT2D eigenvalue weighted by Gasteiger charge is -2.26. The molecule has 7 rings (SSSR count). The molecular weight excluding hydrogens is 484 g/mol. The van der Waals surface area contributed by atoms with Crippen LogP contribution in [0.5, 0.6) is 0 Å². The van der Waals surface area contributed by atoms with Gasteiger partial charge in [-0.3, -0.25) is 4.57 Å². The van der Waals surface area contributed by atoms with E-state index >= 15 is 0 Å². The van der Waals surface area contributed by atoms with Crippen LogP contribution < -0.4 is 20.2 Å². The molecule has 6 nitrogen and oxygen atoms in total. The van der Waals surface area contributed by atoms with Gasteiger partial charge in [-0.25, -0.2) is 15.0 Å². The van der Waals surface area contributed by atoms with Gasteiger partial charge in [0.25, 0.3) is 0 Å². The summed E-state index contributed by atoms with van der Waals surface area (Å²) in [7, 11) is 0.0149. The maximum absolute atomic E-state index is 4.71. The van der Waals surface area contributed by atoms with Gasteiger partial charge < -0.3 is 9.80 Å². The summed E-state index contributed by atoms with van der Waals surface area (Å²) in [5, 5.41) is 5.28. The lowest BCUT2D eigenvalue weighted by atomic mass is 10.1. The number of aromatic nitrogens is 4. The van der Waals surface area contributed by atoms with Crippen LogP contribution in [-0.4, -0.2) is 41.3 Å². The largest absolute Gasteiger partial charge is 0.338 e. The van der Waals surface area contributed by atoms with Crippen molar-refractivity contribution in [1.29, 1.82) is 0 Å². The summed E-state index contributed by atoms with van der Waals surface area (Å²) < 4.78 is 2.30. The summed E-state index contributed by atoms with van der Waals surface area (Å²) in [6.45, 7) is 5.61. The van der Waals surface area contributed by atoms with Gasteiger partial charge in [0.05, 0.1) is 17.7 Å². The van der Waals surface area contributed by atoms with Gasteiger partial charge >= 0.3 is 0 Å². The molecule has 7 heteroatoms. The van der Waals surface area contributed by atoms with Crippen LogP contribution >= 0.6 is 0 Å². The highest BCUT2D eigenvalue weighted by molar-refractivity contribution is 7.00. The van der Waals surface area contributed by atoms with Crippen molar-refractivity contribution in [1.82, 2.24) is 19.5 Å². The Morgan fingerprint density at radius 2 is 1.42 bits per heavy atom. The zero-order valence-corrected chi connectivity index (χ0v) is 22.7. The molecule has 0 radical (unpaired) electrons. The summed E-state index contributed by atoms with van der Waals surface area (Å²) >= 11 is 0. The Morgan fingerprint density at radius 3 is 2.26 bits per heavy atom. The van der Waals surface area contributed by atoms with Crippen LogP contribution in [0.1, 0.15) is 0 Å². The van der Waals surface area contributed by atoms with Gasteiger partial charge in [-0.1, -0.05) is 72.0 Å². The molecule has 38 heavy (non-hydrogen) atoms. The topological polar surface area (TPSA) is 50.1 Å². The minimum absolute atomic E-state index is 0.737. The molecule has 0 fully saturated rings. The molecule has 0 atom stereocenters. The van der Waals surface area contributed by atoms with Crippen molar-refractivity contribution >= 4 is 57.6 Å². The number of rotatable bonds is 4. The second-order valence-corrected chi connectivity index (χ2v) is 14.8. The van der Waals surface area contributed by atoms with Gasteiger partial charge in [-0.15, -0.1) is 0 Å². The quantitative estimate of drug-likeness (QED) is 0.299. The fraction of sp³-hybridized carbons (Fsp3) is 0.129. The minimum Gasteiger partial charge on any atom is -0.338 e. The van der Waals surface area contributed by atoms with Crippen LogP contribution in [-0.2, 0) is 0 Å². The summed E-state index contributed by atoms with van der Waals surface area (Å²) in [6.07, 6.45) is 5.39. The third-order valence-corrected chi connectivity index (χ3v) is 11.3. The van der Waals surface area contributed by atoms with Crippen molar-refractivity contribution < 1.29 is 0 Å². The zero-order chi connectivity index (χ0) is 25.9. The molecule has 6 aromatic rings. The average Bonchev–Trinajstić information content (AvgIpc) is 3.48. The van der Waals surface area contributed by atoms with Crippen LogP contribution in [0.15, 0.2) is 104 Å². The molecule has 0 saturated carbocycles. The van der Waals surface area contributed by atoms with Gasteiger partial charge in [0.1, 0.15) is 13.9 Å². The third kappa shape index (κ3) is 3.43. The minimum atomic E-state index is -2.05. The number of anilines is 3. The van der Waals surface area contributed by atoms with Crippen molar-refractivity contribution in [3.05, 3.63) is 104 Å². The fourth-order valence-electron chi connectivity index (χ4n) is 5.65. The zero-order valence-electron chi connectivity index (χ0n) is 21.7. The van der Waals surface area contributed by atoms with E-state index in [0.29, 0.717) is 0 Å². The molecule has 0 unspecified atom stereocenters. The Balaban J connectivity index is 1.36. The van der Waals surface area contributed by atoms with E-state index in [4.69, 9.17) is 4.98 Å². The number of nitrogens with zero attached hydrogens (tertiary/aromatic N) is 6. The van der Waals surface area contributed by atoms with E-state index in [1.807, 2.05) is 12.3 Å². The highest BCUT2D eigenvalue weighted by Crippen LogP contribution is 2.36. The van der Waals surface area contributed by atoms with Gasteiger partial charge in [-0.05, 0) is 36.4 Å². The fourth-order valence-corrected chi connectivity index (χ4v) is 8.01. The first kappa shape index (κ1) is 22.7. The van der Waals surface area contributed by atoms with Crippen LogP contribution in [0.25, 0.3) is 27.6 Å². The first-order valence-electron chi connectivity index (χ1n) is 12.9. The van der Waals surface area contributed by atoms with E-state index in [1.54, 1.807) is 12.4 Å². The highest BCUT2D eigenvalue weighted by atomic mass is 28.3. The van der Waals surface area contributed by atoms with E-state index in [2.05, 4.69) is 123 Å². The molecule has 1 aliphatic heterocycles. The van der Waals surface area contributed by atoms with Crippen molar-refractivity contribution in [2.24, 2.45) is 0 Å². The summed E-state index contributed by atoms with van der Waals surface area (Å²) in [4.78, 5) is 18.3. The summed E-state index contributed by atoms with van der Waals surface area (Å²) in [5.41, 5.74) is 3.53. The van der Waals surface area contributed by atoms with Crippen molar-refractivity contribution in [3.8, 4) is 5.82 Å². The average molecular weight is 513 g/mol. The van der Waals surface area contributed by atoms with Gasteiger partial charge in [0.15, 0.2) is 11.6 Å². The number of para-hydroxylation sites is 1. The smallest absolute Gasteiger partial charge is 0.178 e. The van der Waals surface area contributed by atoms with Crippen LogP contribution in [0.4, 0.5) is 17.3 Å². The number of pyridine rings is 1. The van der Waals surface area contributed by atoms with E-state index in [-0.39, 0.29) is 0 Å². The Morgan fingerprint density at radius 1 is 0.658 bits per heavy atom. The number of hydrogen-bond acceptors (Lipinski definition) is 5. The molecule has 186 valence electrons. The van der Waals surface area contributed by atoms with Crippen LogP contribution in [0.3, 0.4) is 0 Å². The second kappa shape index (κ2) is 8.53. The molecule has 1 aliphatic rings. The van der Waals surface area contributed by atoms with Crippen LogP contribution in [0, 0.1) is 0 Å². The summed E-state index contributed by atoms with van der Waals surface area (Å²) in [5.74, 6) is 2.77. The van der Waals surface area contributed by atoms with Gasteiger partial charge in [0, 0.05) is 42.1 Å². The van der Waals surface area contributed by atoms with Gasteiger partial charge in [-0.2, -0.15) is 0 Å². The lowest BCUT2D eigenvalue weighted by molar-refractivity contribution is 0.936. The second-order valence-electron chi connectivity index (χ2n) is 10.4. The number of fused-ring (bicyclic) bond motifs is 4. The molecule has 0 saturated heterocycles. The van der Waals surface area contributed by atoms with Crippen molar-refractivity contribution in [3.63, 3.8) is 0 Å². The van der Waals surface area contributed by atoms with Gasteiger partial charge in [0.2, 0.25) is 0 Å².